The summed E-state index contributed by atoms with van der Waals surface area (Å²) in [6.45, 7) is 1.73. The second kappa shape index (κ2) is 6.43. The van der Waals surface area contributed by atoms with Crippen molar-refractivity contribution in [3.05, 3.63) is 65.2 Å². The molecule has 0 fully saturated rings. The smallest absolute Gasteiger partial charge is 0.326 e. The molecule has 0 aromatic heterocycles. The molecule has 23 heavy (non-hydrogen) atoms. The Hall–Kier alpha value is -2.32. The quantitative estimate of drug-likeness (QED) is 0.875. The monoisotopic (exact) mass is 341 g/mol. The van der Waals surface area contributed by atoms with E-state index in [0.29, 0.717) is 12.1 Å². The van der Waals surface area contributed by atoms with Gasteiger partial charge in [-0.2, -0.15) is 4.72 Å². The number of carboxylic acid groups (broad SMARTS) is 1. The van der Waals surface area contributed by atoms with E-state index < -0.39 is 38.6 Å². The van der Waals surface area contributed by atoms with Crippen LogP contribution in [0.1, 0.15) is 17.2 Å². The number of halogens is 2. The minimum absolute atomic E-state index is 0.226. The molecule has 0 aliphatic rings. The highest BCUT2D eigenvalue weighted by Crippen LogP contribution is 2.20. The zero-order valence-electron chi connectivity index (χ0n) is 12.0. The zero-order chi connectivity index (χ0) is 17.2. The highest BCUT2D eigenvalue weighted by Gasteiger charge is 2.27. The van der Waals surface area contributed by atoms with Crippen molar-refractivity contribution < 1.29 is 27.1 Å². The van der Waals surface area contributed by atoms with Crippen LogP contribution in [0, 0.1) is 18.6 Å². The maximum atomic E-state index is 13.2. The SMILES string of the molecule is Cc1cccc(C(NS(=O)(=O)c2ccc(F)c(F)c2)C(=O)O)c1. The number of carboxylic acids is 1. The van der Waals surface area contributed by atoms with Gasteiger partial charge in [0.25, 0.3) is 0 Å². The van der Waals surface area contributed by atoms with Crippen LogP contribution in [0.4, 0.5) is 8.78 Å². The first kappa shape index (κ1) is 17.0. The zero-order valence-corrected chi connectivity index (χ0v) is 12.8. The molecule has 122 valence electrons. The number of rotatable bonds is 5. The van der Waals surface area contributed by atoms with Gasteiger partial charge >= 0.3 is 5.97 Å². The fraction of sp³-hybridized carbons (Fsp3) is 0.133. The lowest BCUT2D eigenvalue weighted by atomic mass is 10.1. The van der Waals surface area contributed by atoms with Crippen molar-refractivity contribution in [1.82, 2.24) is 4.72 Å². The van der Waals surface area contributed by atoms with Gasteiger partial charge in [0, 0.05) is 0 Å². The van der Waals surface area contributed by atoms with Crippen molar-refractivity contribution in [3.63, 3.8) is 0 Å². The number of aliphatic carboxylic acids is 1. The Morgan fingerprint density at radius 2 is 1.83 bits per heavy atom. The third-order valence-electron chi connectivity index (χ3n) is 3.10. The topological polar surface area (TPSA) is 83.5 Å². The molecule has 1 atom stereocenters. The highest BCUT2D eigenvalue weighted by molar-refractivity contribution is 7.89. The van der Waals surface area contributed by atoms with Crippen molar-refractivity contribution >= 4 is 16.0 Å². The van der Waals surface area contributed by atoms with E-state index in [2.05, 4.69) is 0 Å². The van der Waals surface area contributed by atoms with Crippen LogP contribution in [0.5, 0.6) is 0 Å². The van der Waals surface area contributed by atoms with Gasteiger partial charge < -0.3 is 5.11 Å². The normalized spacial score (nSPS) is 12.8. The van der Waals surface area contributed by atoms with Crippen LogP contribution in [0.3, 0.4) is 0 Å². The molecule has 8 heteroatoms. The van der Waals surface area contributed by atoms with Crippen LogP contribution < -0.4 is 4.72 Å². The van der Waals surface area contributed by atoms with Gasteiger partial charge in [-0.15, -0.1) is 0 Å². The molecule has 1 unspecified atom stereocenters. The molecule has 0 aliphatic heterocycles. The Labute approximate surface area is 131 Å². The lowest BCUT2D eigenvalue weighted by molar-refractivity contribution is -0.139. The molecule has 0 bridgehead atoms. The van der Waals surface area contributed by atoms with Gasteiger partial charge in [0.1, 0.15) is 6.04 Å². The molecule has 0 aliphatic carbocycles. The number of benzene rings is 2. The van der Waals surface area contributed by atoms with E-state index in [9.17, 15) is 27.1 Å². The van der Waals surface area contributed by atoms with Crippen molar-refractivity contribution in [3.8, 4) is 0 Å². The fourth-order valence-corrected chi connectivity index (χ4v) is 3.17. The van der Waals surface area contributed by atoms with Crippen LogP contribution in [0.15, 0.2) is 47.4 Å². The van der Waals surface area contributed by atoms with Crippen LogP contribution in [0.25, 0.3) is 0 Å². The Morgan fingerprint density at radius 3 is 2.39 bits per heavy atom. The van der Waals surface area contributed by atoms with Crippen molar-refractivity contribution in [1.29, 1.82) is 0 Å². The summed E-state index contributed by atoms with van der Waals surface area (Å²) < 4.78 is 52.5. The van der Waals surface area contributed by atoms with Crippen LogP contribution >= 0.6 is 0 Å². The predicted molar refractivity (Wildman–Crippen MR) is 78.2 cm³/mol. The molecule has 0 amide bonds. The minimum atomic E-state index is -4.34. The predicted octanol–water partition coefficient (Wildman–Crippen LogP) is 2.38. The number of hydrogen-bond acceptors (Lipinski definition) is 3. The van der Waals surface area contributed by atoms with Crippen LogP contribution in [-0.2, 0) is 14.8 Å². The molecule has 0 saturated heterocycles. The molecule has 2 N–H and O–H groups in total. The number of hydrogen-bond donors (Lipinski definition) is 2. The molecule has 2 aromatic carbocycles. The summed E-state index contributed by atoms with van der Waals surface area (Å²) in [7, 11) is -4.34. The van der Waals surface area contributed by atoms with Gasteiger partial charge in [-0.1, -0.05) is 29.8 Å². The van der Waals surface area contributed by atoms with Gasteiger partial charge in [0.2, 0.25) is 10.0 Å². The van der Waals surface area contributed by atoms with E-state index in [1.54, 1.807) is 19.1 Å². The van der Waals surface area contributed by atoms with Gasteiger partial charge in [0.05, 0.1) is 4.90 Å². The third kappa shape index (κ3) is 3.91. The average molecular weight is 341 g/mol. The van der Waals surface area contributed by atoms with Gasteiger partial charge in [-0.3, -0.25) is 4.79 Å². The fourth-order valence-electron chi connectivity index (χ4n) is 1.98. The number of nitrogens with one attached hydrogen (secondary N) is 1. The van der Waals surface area contributed by atoms with E-state index in [0.717, 1.165) is 11.6 Å². The second-order valence-corrected chi connectivity index (χ2v) is 6.60. The Kier molecular flexibility index (Phi) is 4.76. The molecule has 5 nitrogen and oxygen atoms in total. The summed E-state index contributed by atoms with van der Waals surface area (Å²) >= 11 is 0. The Balaban J connectivity index is 2.39. The standard InChI is InChI=1S/C15H13F2NO4S/c1-9-3-2-4-10(7-9)14(15(19)20)18-23(21,22)11-5-6-12(16)13(17)8-11/h2-8,14,18H,1H3,(H,19,20). The van der Waals surface area contributed by atoms with E-state index in [-0.39, 0.29) is 5.56 Å². The number of aryl methyl sites for hydroxylation is 1. The first-order chi connectivity index (χ1) is 10.7. The highest BCUT2D eigenvalue weighted by atomic mass is 32.2. The van der Waals surface area contributed by atoms with E-state index in [4.69, 9.17) is 0 Å². The summed E-state index contributed by atoms with van der Waals surface area (Å²) in [6, 6.07) is 6.76. The molecule has 2 aromatic rings. The third-order valence-corrected chi connectivity index (χ3v) is 4.52. The number of carbonyl (C=O) groups is 1. The lowest BCUT2D eigenvalue weighted by Gasteiger charge is -2.16. The van der Waals surface area contributed by atoms with Crippen LogP contribution in [-0.4, -0.2) is 19.5 Å². The maximum absolute atomic E-state index is 13.2. The van der Waals surface area contributed by atoms with Gasteiger partial charge in [-0.05, 0) is 30.7 Å². The summed E-state index contributed by atoms with van der Waals surface area (Å²) in [6.07, 6.45) is 0. The van der Waals surface area contributed by atoms with Crippen molar-refractivity contribution in [2.75, 3.05) is 0 Å². The summed E-state index contributed by atoms with van der Waals surface area (Å²) in [4.78, 5) is 10.8. The van der Waals surface area contributed by atoms with Crippen molar-refractivity contribution in [2.24, 2.45) is 0 Å². The molecule has 0 saturated carbocycles. The molecule has 0 spiro atoms. The van der Waals surface area contributed by atoms with Crippen molar-refractivity contribution in [2.45, 2.75) is 17.9 Å². The number of sulfonamides is 1. The summed E-state index contributed by atoms with van der Waals surface area (Å²) in [5.74, 6) is -3.95. The molecule has 2 rings (SSSR count). The van der Waals surface area contributed by atoms with E-state index >= 15 is 0 Å². The first-order valence-electron chi connectivity index (χ1n) is 6.47. The molecule has 0 radical (unpaired) electrons. The van der Waals surface area contributed by atoms with E-state index in [1.807, 2.05) is 4.72 Å². The lowest BCUT2D eigenvalue weighted by Crippen LogP contribution is -2.33. The molecular formula is C15H13F2NO4S. The Bertz CT molecular complexity index is 852. The largest absolute Gasteiger partial charge is 0.480 e. The van der Waals surface area contributed by atoms with E-state index in [1.165, 1.54) is 12.1 Å². The van der Waals surface area contributed by atoms with Crippen LogP contribution in [0.2, 0.25) is 0 Å². The average Bonchev–Trinajstić information content (AvgIpc) is 2.47. The maximum Gasteiger partial charge on any atom is 0.326 e. The molecular weight excluding hydrogens is 328 g/mol. The minimum Gasteiger partial charge on any atom is -0.480 e. The van der Waals surface area contributed by atoms with Gasteiger partial charge in [-0.25, -0.2) is 17.2 Å². The summed E-state index contributed by atoms with van der Waals surface area (Å²) in [5, 5.41) is 9.27. The Morgan fingerprint density at radius 1 is 1.13 bits per heavy atom. The summed E-state index contributed by atoms with van der Waals surface area (Å²) in [5.41, 5.74) is 0.976. The first-order valence-corrected chi connectivity index (χ1v) is 7.96. The molecule has 0 heterocycles. The van der Waals surface area contributed by atoms with Gasteiger partial charge in [0.15, 0.2) is 11.6 Å². The second-order valence-electron chi connectivity index (χ2n) is 4.88.